The first-order valence-corrected chi connectivity index (χ1v) is 5.80. The SMILES string of the molecule is CC(CCN)C(=O)Nc1ccc(F)cc1Br. The summed E-state index contributed by atoms with van der Waals surface area (Å²) >= 11 is 3.18. The molecule has 3 N–H and O–H groups in total. The second-order valence-corrected chi connectivity index (χ2v) is 4.45. The van der Waals surface area contributed by atoms with Gasteiger partial charge in [-0.25, -0.2) is 4.39 Å². The maximum atomic E-state index is 12.8. The lowest BCUT2D eigenvalue weighted by molar-refractivity contribution is -0.119. The Kier molecular flexibility index (Phi) is 4.89. The third-order valence-electron chi connectivity index (χ3n) is 2.24. The first-order chi connectivity index (χ1) is 7.54. The molecule has 0 saturated carbocycles. The summed E-state index contributed by atoms with van der Waals surface area (Å²) in [4.78, 5) is 11.7. The smallest absolute Gasteiger partial charge is 0.227 e. The summed E-state index contributed by atoms with van der Waals surface area (Å²) in [5, 5.41) is 2.71. The van der Waals surface area contributed by atoms with Crippen molar-refractivity contribution in [3.05, 3.63) is 28.5 Å². The number of amides is 1. The number of rotatable bonds is 4. The fourth-order valence-electron chi connectivity index (χ4n) is 1.23. The van der Waals surface area contributed by atoms with Gasteiger partial charge in [0.1, 0.15) is 5.82 Å². The monoisotopic (exact) mass is 288 g/mol. The van der Waals surface area contributed by atoms with Crippen LogP contribution >= 0.6 is 15.9 Å². The lowest BCUT2D eigenvalue weighted by Gasteiger charge is -2.12. The number of nitrogens with one attached hydrogen (secondary N) is 1. The molecule has 1 aromatic carbocycles. The third kappa shape index (κ3) is 3.57. The normalized spacial score (nSPS) is 12.2. The number of carbonyl (C=O) groups is 1. The second kappa shape index (κ2) is 5.96. The number of anilines is 1. The average Bonchev–Trinajstić information content (AvgIpc) is 2.22. The molecular formula is C11H14BrFN2O. The molecule has 88 valence electrons. The largest absolute Gasteiger partial charge is 0.330 e. The van der Waals surface area contributed by atoms with Gasteiger partial charge in [-0.1, -0.05) is 6.92 Å². The Morgan fingerprint density at radius 2 is 2.31 bits per heavy atom. The second-order valence-electron chi connectivity index (χ2n) is 3.59. The minimum Gasteiger partial charge on any atom is -0.330 e. The quantitative estimate of drug-likeness (QED) is 0.894. The van der Waals surface area contributed by atoms with Crippen molar-refractivity contribution in [1.82, 2.24) is 0 Å². The van der Waals surface area contributed by atoms with E-state index < -0.39 is 0 Å². The minimum absolute atomic E-state index is 0.113. The van der Waals surface area contributed by atoms with Crippen LogP contribution in [0.2, 0.25) is 0 Å². The molecule has 0 saturated heterocycles. The summed E-state index contributed by atoms with van der Waals surface area (Å²) in [5.41, 5.74) is 5.94. The van der Waals surface area contributed by atoms with Crippen molar-refractivity contribution in [2.24, 2.45) is 11.7 Å². The van der Waals surface area contributed by atoms with Crippen LogP contribution in [0, 0.1) is 11.7 Å². The summed E-state index contributed by atoms with van der Waals surface area (Å²) in [7, 11) is 0. The highest BCUT2D eigenvalue weighted by molar-refractivity contribution is 9.10. The van der Waals surface area contributed by atoms with E-state index in [9.17, 15) is 9.18 Å². The highest BCUT2D eigenvalue weighted by Gasteiger charge is 2.13. The van der Waals surface area contributed by atoms with E-state index in [0.29, 0.717) is 23.1 Å². The number of carbonyl (C=O) groups excluding carboxylic acids is 1. The first-order valence-electron chi connectivity index (χ1n) is 5.00. The highest BCUT2D eigenvalue weighted by atomic mass is 79.9. The van der Waals surface area contributed by atoms with Gasteiger partial charge in [0.25, 0.3) is 0 Å². The van der Waals surface area contributed by atoms with Crippen LogP contribution in [0.15, 0.2) is 22.7 Å². The molecule has 0 radical (unpaired) electrons. The van der Waals surface area contributed by atoms with Crippen molar-refractivity contribution >= 4 is 27.5 Å². The van der Waals surface area contributed by atoms with E-state index in [1.807, 2.05) is 0 Å². The molecule has 0 aliphatic heterocycles. The van der Waals surface area contributed by atoms with Crippen molar-refractivity contribution in [3.63, 3.8) is 0 Å². The van der Waals surface area contributed by atoms with E-state index in [4.69, 9.17) is 5.73 Å². The maximum Gasteiger partial charge on any atom is 0.227 e. The molecule has 0 spiro atoms. The summed E-state index contributed by atoms with van der Waals surface area (Å²) < 4.78 is 13.3. The van der Waals surface area contributed by atoms with Gasteiger partial charge in [-0.3, -0.25) is 4.79 Å². The molecule has 0 fully saturated rings. The summed E-state index contributed by atoms with van der Waals surface area (Å²) in [5.74, 6) is -0.611. The zero-order valence-corrected chi connectivity index (χ0v) is 10.6. The molecule has 1 atom stereocenters. The van der Waals surface area contributed by atoms with Crippen molar-refractivity contribution in [1.29, 1.82) is 0 Å². The van der Waals surface area contributed by atoms with Gasteiger partial charge in [0.2, 0.25) is 5.91 Å². The molecule has 0 aromatic heterocycles. The molecule has 1 amide bonds. The third-order valence-corrected chi connectivity index (χ3v) is 2.89. The Labute approximate surface area is 102 Å². The van der Waals surface area contributed by atoms with Gasteiger partial charge >= 0.3 is 0 Å². The molecule has 0 bridgehead atoms. The summed E-state index contributed by atoms with van der Waals surface area (Å²) in [6.07, 6.45) is 0.630. The van der Waals surface area contributed by atoms with E-state index in [0.717, 1.165) is 0 Å². The Bertz CT molecular complexity index is 384. The Morgan fingerprint density at radius 1 is 1.62 bits per heavy atom. The average molecular weight is 289 g/mol. The number of halogens is 2. The molecule has 1 rings (SSSR count). The lowest BCUT2D eigenvalue weighted by atomic mass is 10.1. The van der Waals surface area contributed by atoms with E-state index in [1.165, 1.54) is 18.2 Å². The van der Waals surface area contributed by atoms with Crippen molar-refractivity contribution < 1.29 is 9.18 Å². The van der Waals surface area contributed by atoms with Gasteiger partial charge < -0.3 is 11.1 Å². The fourth-order valence-corrected chi connectivity index (χ4v) is 1.68. The number of hydrogen-bond acceptors (Lipinski definition) is 2. The van der Waals surface area contributed by atoms with E-state index in [-0.39, 0.29) is 17.6 Å². The molecule has 16 heavy (non-hydrogen) atoms. The van der Waals surface area contributed by atoms with E-state index in [1.54, 1.807) is 6.92 Å². The number of benzene rings is 1. The van der Waals surface area contributed by atoms with Crippen LogP contribution in [0.25, 0.3) is 0 Å². The Balaban J connectivity index is 2.69. The van der Waals surface area contributed by atoms with Gasteiger partial charge in [-0.05, 0) is 47.1 Å². The highest BCUT2D eigenvalue weighted by Crippen LogP contribution is 2.23. The van der Waals surface area contributed by atoms with Crippen LogP contribution in [-0.4, -0.2) is 12.5 Å². The zero-order chi connectivity index (χ0) is 12.1. The molecule has 5 heteroatoms. The van der Waals surface area contributed by atoms with Crippen LogP contribution < -0.4 is 11.1 Å². The van der Waals surface area contributed by atoms with Gasteiger partial charge in [-0.2, -0.15) is 0 Å². The molecule has 0 aliphatic rings. The zero-order valence-electron chi connectivity index (χ0n) is 8.97. The van der Waals surface area contributed by atoms with Crippen molar-refractivity contribution in [3.8, 4) is 0 Å². The van der Waals surface area contributed by atoms with Crippen LogP contribution in [0.3, 0.4) is 0 Å². The summed E-state index contributed by atoms with van der Waals surface area (Å²) in [6.45, 7) is 2.28. The Hall–Kier alpha value is -0.940. The molecule has 0 heterocycles. The van der Waals surface area contributed by atoms with E-state index in [2.05, 4.69) is 21.2 Å². The maximum absolute atomic E-state index is 12.8. The van der Waals surface area contributed by atoms with Gasteiger partial charge in [0.05, 0.1) is 5.69 Å². The van der Waals surface area contributed by atoms with Crippen molar-refractivity contribution in [2.75, 3.05) is 11.9 Å². The van der Waals surface area contributed by atoms with E-state index >= 15 is 0 Å². The molecular weight excluding hydrogens is 275 g/mol. The van der Waals surface area contributed by atoms with Gasteiger partial charge in [-0.15, -0.1) is 0 Å². The van der Waals surface area contributed by atoms with Gasteiger partial charge in [0, 0.05) is 10.4 Å². The molecule has 0 aliphatic carbocycles. The van der Waals surface area contributed by atoms with Crippen LogP contribution in [0.1, 0.15) is 13.3 Å². The lowest BCUT2D eigenvalue weighted by Crippen LogP contribution is -2.22. The van der Waals surface area contributed by atoms with Gasteiger partial charge in [0.15, 0.2) is 0 Å². The topological polar surface area (TPSA) is 55.1 Å². The van der Waals surface area contributed by atoms with Crippen LogP contribution in [0.4, 0.5) is 10.1 Å². The first kappa shape index (κ1) is 13.1. The molecule has 1 aromatic rings. The minimum atomic E-state index is -0.347. The standard InChI is InChI=1S/C11H14BrFN2O/c1-7(4-5-14)11(16)15-10-3-2-8(13)6-9(10)12/h2-3,6-7H,4-5,14H2,1H3,(H,15,16). The summed E-state index contributed by atoms with van der Waals surface area (Å²) in [6, 6.07) is 4.13. The number of hydrogen-bond donors (Lipinski definition) is 2. The number of nitrogens with two attached hydrogens (primary N) is 1. The molecule has 1 unspecified atom stereocenters. The fraction of sp³-hybridized carbons (Fsp3) is 0.364. The predicted octanol–water partition coefficient (Wildman–Crippen LogP) is 2.51. The van der Waals surface area contributed by atoms with Crippen molar-refractivity contribution in [2.45, 2.75) is 13.3 Å². The molecule has 3 nitrogen and oxygen atoms in total. The van der Waals surface area contributed by atoms with Crippen LogP contribution in [-0.2, 0) is 4.79 Å². The Morgan fingerprint density at radius 3 is 2.88 bits per heavy atom. The predicted molar refractivity (Wildman–Crippen MR) is 65.6 cm³/mol. The van der Waals surface area contributed by atoms with Crippen LogP contribution in [0.5, 0.6) is 0 Å².